The van der Waals surface area contributed by atoms with Crippen LogP contribution in [0.15, 0.2) is 63.6 Å². The van der Waals surface area contributed by atoms with Gasteiger partial charge in [0.05, 0.1) is 11.4 Å². The van der Waals surface area contributed by atoms with E-state index in [1.165, 1.54) is 41.0 Å². The number of thioether (sulfide) groups is 1. The number of hydrogen-bond donors (Lipinski definition) is 0. The molecular weight excluding hydrogens is 385 g/mol. The maximum Gasteiger partial charge on any atom is 0.257 e. The number of carbonyl (C=O) groups is 1. The number of anilines is 2. The number of aromatic nitrogens is 2. The Hall–Kier alpha value is -2.71. The van der Waals surface area contributed by atoms with Crippen molar-refractivity contribution in [1.82, 2.24) is 9.97 Å². The van der Waals surface area contributed by atoms with Crippen molar-refractivity contribution in [3.8, 4) is 0 Å². The first-order chi connectivity index (χ1) is 13.1. The molecule has 0 aliphatic rings. The lowest BCUT2D eigenvalue weighted by molar-refractivity contribution is -0.115. The van der Waals surface area contributed by atoms with Gasteiger partial charge in [-0.3, -0.25) is 9.69 Å². The fourth-order valence-electron chi connectivity index (χ4n) is 2.55. The molecule has 0 N–H and O–H groups in total. The highest BCUT2D eigenvalue weighted by molar-refractivity contribution is 7.98. The van der Waals surface area contributed by atoms with Gasteiger partial charge >= 0.3 is 0 Å². The molecule has 136 valence electrons. The van der Waals surface area contributed by atoms with Gasteiger partial charge in [-0.25, -0.2) is 14.4 Å². The summed E-state index contributed by atoms with van der Waals surface area (Å²) in [6, 6.07) is 13.7. The van der Waals surface area contributed by atoms with E-state index < -0.39 is 5.82 Å². The molecular formula is C19H14FN3O2S2. The van der Waals surface area contributed by atoms with Gasteiger partial charge in [-0.05, 0) is 24.3 Å². The normalized spacial score (nSPS) is 11.0. The Balaban J connectivity index is 1.53. The lowest BCUT2D eigenvalue weighted by Gasteiger charge is -2.18. The van der Waals surface area contributed by atoms with Crippen molar-refractivity contribution >= 4 is 50.9 Å². The molecule has 0 saturated carbocycles. The van der Waals surface area contributed by atoms with Gasteiger partial charge in [-0.1, -0.05) is 36.0 Å². The molecule has 2 heterocycles. The number of thiazole rings is 1. The Morgan fingerprint density at radius 1 is 1.19 bits per heavy atom. The van der Waals surface area contributed by atoms with Crippen molar-refractivity contribution < 1.29 is 13.6 Å². The van der Waals surface area contributed by atoms with E-state index in [-0.39, 0.29) is 11.6 Å². The molecule has 4 aromatic rings. The van der Waals surface area contributed by atoms with Crippen molar-refractivity contribution in [2.24, 2.45) is 0 Å². The van der Waals surface area contributed by atoms with Gasteiger partial charge in [0.25, 0.3) is 5.22 Å². The molecule has 0 atom stereocenters. The molecule has 0 bridgehead atoms. The summed E-state index contributed by atoms with van der Waals surface area (Å²) in [5, 5.41) is 2.84. The SMILES string of the molecule is CC(=O)N(c1nc(CSc2nc3ccccc3o2)cs1)c1ccccc1F. The zero-order valence-corrected chi connectivity index (χ0v) is 15.9. The van der Waals surface area contributed by atoms with Crippen molar-refractivity contribution in [2.75, 3.05) is 4.90 Å². The summed E-state index contributed by atoms with van der Waals surface area (Å²) < 4.78 is 19.8. The van der Waals surface area contributed by atoms with Crippen molar-refractivity contribution in [3.05, 3.63) is 65.4 Å². The lowest BCUT2D eigenvalue weighted by atomic mass is 10.3. The number of nitrogens with zero attached hydrogens (tertiary/aromatic N) is 3. The first kappa shape index (κ1) is 17.7. The summed E-state index contributed by atoms with van der Waals surface area (Å²) in [4.78, 5) is 22.3. The molecule has 4 rings (SSSR count). The zero-order chi connectivity index (χ0) is 18.8. The molecule has 0 aliphatic heterocycles. The Labute approximate surface area is 162 Å². The van der Waals surface area contributed by atoms with E-state index in [0.717, 1.165) is 16.8 Å². The van der Waals surface area contributed by atoms with Crippen molar-refractivity contribution in [3.63, 3.8) is 0 Å². The van der Waals surface area contributed by atoms with Crippen LogP contribution in [0.3, 0.4) is 0 Å². The monoisotopic (exact) mass is 399 g/mol. The summed E-state index contributed by atoms with van der Waals surface area (Å²) >= 11 is 2.71. The molecule has 0 fully saturated rings. The van der Waals surface area contributed by atoms with Crippen LogP contribution in [0.25, 0.3) is 11.1 Å². The predicted molar refractivity (Wildman–Crippen MR) is 105 cm³/mol. The number of para-hydroxylation sites is 3. The molecule has 27 heavy (non-hydrogen) atoms. The second kappa shape index (κ2) is 7.50. The van der Waals surface area contributed by atoms with E-state index in [9.17, 15) is 9.18 Å². The van der Waals surface area contributed by atoms with Gasteiger partial charge in [-0.15, -0.1) is 11.3 Å². The Morgan fingerprint density at radius 2 is 1.96 bits per heavy atom. The number of benzene rings is 2. The minimum atomic E-state index is -0.467. The first-order valence-electron chi connectivity index (χ1n) is 8.10. The van der Waals surface area contributed by atoms with Crippen molar-refractivity contribution in [1.29, 1.82) is 0 Å². The quantitative estimate of drug-likeness (QED) is 0.421. The van der Waals surface area contributed by atoms with E-state index in [4.69, 9.17) is 4.42 Å². The number of halogens is 1. The summed E-state index contributed by atoms with van der Waals surface area (Å²) in [5.74, 6) is -0.232. The molecule has 0 saturated heterocycles. The smallest absolute Gasteiger partial charge is 0.257 e. The molecule has 8 heteroatoms. The average Bonchev–Trinajstić information content (AvgIpc) is 3.28. The molecule has 2 aromatic heterocycles. The molecule has 0 spiro atoms. The fourth-order valence-corrected chi connectivity index (χ4v) is 4.27. The minimum absolute atomic E-state index is 0.192. The van der Waals surface area contributed by atoms with E-state index in [0.29, 0.717) is 16.1 Å². The first-order valence-corrected chi connectivity index (χ1v) is 9.96. The standard InChI is InChI=1S/C19H14FN3O2S2/c1-12(24)23(16-8-4-2-6-14(16)20)18-21-13(10-26-18)11-27-19-22-15-7-3-5-9-17(15)25-19/h2-10H,11H2,1H3. The third-order valence-electron chi connectivity index (χ3n) is 3.76. The fraction of sp³-hybridized carbons (Fsp3) is 0.105. The highest BCUT2D eigenvalue weighted by atomic mass is 32.2. The van der Waals surface area contributed by atoms with Gasteiger partial charge in [0, 0.05) is 18.1 Å². The van der Waals surface area contributed by atoms with E-state index in [2.05, 4.69) is 9.97 Å². The van der Waals surface area contributed by atoms with Crippen LogP contribution in [0.5, 0.6) is 0 Å². The lowest BCUT2D eigenvalue weighted by Crippen LogP contribution is -2.23. The van der Waals surface area contributed by atoms with E-state index in [1.807, 2.05) is 29.6 Å². The van der Waals surface area contributed by atoms with Crippen LogP contribution in [-0.2, 0) is 10.5 Å². The van der Waals surface area contributed by atoms with Crippen LogP contribution in [0.1, 0.15) is 12.6 Å². The highest BCUT2D eigenvalue weighted by Crippen LogP contribution is 2.33. The number of oxazole rings is 1. The summed E-state index contributed by atoms with van der Waals surface area (Å²) in [6.07, 6.45) is 0. The molecule has 5 nitrogen and oxygen atoms in total. The average molecular weight is 399 g/mol. The number of amides is 1. The number of rotatable bonds is 5. The summed E-state index contributed by atoms with van der Waals surface area (Å²) in [6.45, 7) is 1.39. The van der Waals surface area contributed by atoms with Gasteiger partial charge in [0.2, 0.25) is 5.91 Å². The van der Waals surface area contributed by atoms with Crippen LogP contribution in [0.4, 0.5) is 15.2 Å². The summed E-state index contributed by atoms with van der Waals surface area (Å²) in [7, 11) is 0. The Kier molecular flexibility index (Phi) is 4.91. The largest absolute Gasteiger partial charge is 0.431 e. The number of fused-ring (bicyclic) bond motifs is 1. The van der Waals surface area contributed by atoms with Gasteiger partial charge in [-0.2, -0.15) is 0 Å². The summed E-state index contributed by atoms with van der Waals surface area (Å²) in [5.41, 5.74) is 2.50. The minimum Gasteiger partial charge on any atom is -0.431 e. The number of carbonyl (C=O) groups excluding carboxylic acids is 1. The molecule has 0 radical (unpaired) electrons. The molecule has 0 unspecified atom stereocenters. The van der Waals surface area contributed by atoms with Gasteiger partial charge in [0.15, 0.2) is 10.7 Å². The van der Waals surface area contributed by atoms with Crippen molar-refractivity contribution in [2.45, 2.75) is 17.9 Å². The maximum atomic E-state index is 14.1. The van der Waals surface area contributed by atoms with Crippen LogP contribution >= 0.6 is 23.1 Å². The van der Waals surface area contributed by atoms with Gasteiger partial charge in [0.1, 0.15) is 11.3 Å². The van der Waals surface area contributed by atoms with Crippen LogP contribution < -0.4 is 4.90 Å². The maximum absolute atomic E-state index is 14.1. The van der Waals surface area contributed by atoms with E-state index in [1.54, 1.807) is 18.2 Å². The zero-order valence-electron chi connectivity index (χ0n) is 14.3. The Morgan fingerprint density at radius 3 is 2.74 bits per heavy atom. The van der Waals surface area contributed by atoms with Crippen LogP contribution in [0, 0.1) is 5.82 Å². The molecule has 1 amide bonds. The number of hydrogen-bond acceptors (Lipinski definition) is 6. The predicted octanol–water partition coefficient (Wildman–Crippen LogP) is 5.40. The second-order valence-corrected chi connectivity index (χ2v) is 7.43. The van der Waals surface area contributed by atoms with Crippen LogP contribution in [0.2, 0.25) is 0 Å². The topological polar surface area (TPSA) is 59.2 Å². The van der Waals surface area contributed by atoms with E-state index >= 15 is 0 Å². The molecule has 0 aliphatic carbocycles. The van der Waals surface area contributed by atoms with Crippen LogP contribution in [-0.4, -0.2) is 15.9 Å². The third-order valence-corrected chi connectivity index (χ3v) is 5.49. The molecule has 2 aromatic carbocycles. The second-order valence-electron chi connectivity index (χ2n) is 5.66. The third kappa shape index (κ3) is 3.72. The Bertz CT molecular complexity index is 1080. The highest BCUT2D eigenvalue weighted by Gasteiger charge is 2.21. The van der Waals surface area contributed by atoms with Gasteiger partial charge < -0.3 is 4.42 Å².